The van der Waals surface area contributed by atoms with Crippen LogP contribution in [0.2, 0.25) is 0 Å². The van der Waals surface area contributed by atoms with Crippen molar-refractivity contribution in [2.24, 2.45) is 0 Å². The molecule has 5 nitrogen and oxygen atoms in total. The van der Waals surface area contributed by atoms with Crippen LogP contribution in [0.25, 0.3) is 0 Å². The molecule has 0 fully saturated rings. The highest BCUT2D eigenvalue weighted by atomic mass is 79.9. The fourth-order valence-corrected chi connectivity index (χ4v) is 2.88. The van der Waals surface area contributed by atoms with Crippen molar-refractivity contribution in [1.29, 1.82) is 5.26 Å². The Labute approximate surface area is 109 Å². The molecule has 0 bridgehead atoms. The molecule has 17 heavy (non-hydrogen) atoms. The maximum atomic E-state index is 11.8. The fourth-order valence-electron chi connectivity index (χ4n) is 1.23. The van der Waals surface area contributed by atoms with Crippen molar-refractivity contribution < 1.29 is 8.42 Å². The first-order chi connectivity index (χ1) is 7.90. The zero-order valence-electron chi connectivity index (χ0n) is 9.44. The number of anilines is 1. The molecule has 7 heteroatoms. The number of halogens is 1. The normalized spacial score (nSPS) is 12.8. The number of nitrogens with zero attached hydrogens (tertiary/aromatic N) is 2. The summed E-state index contributed by atoms with van der Waals surface area (Å²) >= 11 is 3.24. The number of sulfonamides is 1. The van der Waals surface area contributed by atoms with Gasteiger partial charge in [0.05, 0.1) is 6.07 Å². The first-order valence-corrected chi connectivity index (χ1v) is 7.28. The van der Waals surface area contributed by atoms with Crippen LogP contribution in [0.5, 0.6) is 0 Å². The van der Waals surface area contributed by atoms with E-state index in [0.717, 1.165) is 4.47 Å². The maximum absolute atomic E-state index is 11.8. The van der Waals surface area contributed by atoms with E-state index >= 15 is 0 Å². The lowest BCUT2D eigenvalue weighted by molar-refractivity contribution is 0.592. The summed E-state index contributed by atoms with van der Waals surface area (Å²) in [5.41, 5.74) is 0.691. The molecule has 0 amide bonds. The van der Waals surface area contributed by atoms with Crippen molar-refractivity contribution in [2.45, 2.75) is 25.5 Å². The van der Waals surface area contributed by atoms with Gasteiger partial charge in [-0.2, -0.15) is 5.26 Å². The first-order valence-electron chi connectivity index (χ1n) is 4.94. The van der Waals surface area contributed by atoms with Gasteiger partial charge in [-0.25, -0.2) is 13.4 Å². The lowest BCUT2D eigenvalue weighted by atomic mass is 10.3. The predicted octanol–water partition coefficient (Wildman–Crippen LogP) is 2.20. The summed E-state index contributed by atoms with van der Waals surface area (Å²) in [5, 5.41) is 7.69. The monoisotopic (exact) mass is 317 g/mol. The van der Waals surface area contributed by atoms with Crippen LogP contribution in [0.15, 0.2) is 16.7 Å². The average Bonchev–Trinajstić information content (AvgIpc) is 2.23. The molecule has 0 saturated carbocycles. The van der Waals surface area contributed by atoms with Crippen molar-refractivity contribution in [3.8, 4) is 6.07 Å². The van der Waals surface area contributed by atoms with Crippen molar-refractivity contribution in [3.63, 3.8) is 0 Å². The molecule has 1 aromatic heterocycles. The molecule has 1 unspecified atom stereocenters. The van der Waals surface area contributed by atoms with Gasteiger partial charge in [-0.1, -0.05) is 6.92 Å². The summed E-state index contributed by atoms with van der Waals surface area (Å²) < 4.78 is 26.7. The van der Waals surface area contributed by atoms with Gasteiger partial charge in [0.2, 0.25) is 10.0 Å². The van der Waals surface area contributed by atoms with Crippen LogP contribution in [0.3, 0.4) is 0 Å². The molecule has 0 aliphatic carbocycles. The van der Waals surface area contributed by atoms with Crippen LogP contribution in [-0.4, -0.2) is 18.7 Å². The Bertz CT molecular complexity index is 551. The highest BCUT2D eigenvalue weighted by Gasteiger charge is 2.24. The third-order valence-corrected chi connectivity index (χ3v) is 4.27. The maximum Gasteiger partial charge on any atom is 0.250 e. The van der Waals surface area contributed by atoms with E-state index in [2.05, 4.69) is 25.6 Å². The lowest BCUT2D eigenvalue weighted by Gasteiger charge is -2.12. The van der Waals surface area contributed by atoms with Crippen LogP contribution in [-0.2, 0) is 10.0 Å². The molecule has 0 spiro atoms. The van der Waals surface area contributed by atoms with E-state index in [1.165, 1.54) is 6.20 Å². The molecule has 1 aromatic rings. The average molecular weight is 318 g/mol. The van der Waals surface area contributed by atoms with E-state index in [9.17, 15) is 8.42 Å². The molecule has 1 heterocycles. The Morgan fingerprint density at radius 1 is 1.65 bits per heavy atom. The minimum absolute atomic E-state index is 0.238. The quantitative estimate of drug-likeness (QED) is 0.922. The Morgan fingerprint density at radius 2 is 2.29 bits per heavy atom. The molecule has 0 aliphatic rings. The van der Waals surface area contributed by atoms with Gasteiger partial charge in [-0.3, -0.25) is 4.72 Å². The lowest BCUT2D eigenvalue weighted by Crippen LogP contribution is -2.26. The van der Waals surface area contributed by atoms with Crippen LogP contribution in [0.4, 0.5) is 5.82 Å². The third-order valence-electron chi connectivity index (χ3n) is 2.17. The second-order valence-corrected chi connectivity index (χ2v) is 6.27. The van der Waals surface area contributed by atoms with E-state index in [4.69, 9.17) is 5.26 Å². The van der Waals surface area contributed by atoms with Gasteiger partial charge >= 0.3 is 0 Å². The number of hydrogen-bond donors (Lipinski definition) is 1. The van der Waals surface area contributed by atoms with Crippen LogP contribution < -0.4 is 4.72 Å². The smallest absolute Gasteiger partial charge is 0.250 e. The summed E-state index contributed by atoms with van der Waals surface area (Å²) in [5.74, 6) is 0.252. The zero-order valence-corrected chi connectivity index (χ0v) is 11.8. The second kappa shape index (κ2) is 5.47. The summed E-state index contributed by atoms with van der Waals surface area (Å²) in [6.07, 6.45) is 1.74. The Hall–Kier alpha value is -1.13. The number of nitrogens with one attached hydrogen (secondary N) is 1. The summed E-state index contributed by atoms with van der Waals surface area (Å²) in [7, 11) is -3.70. The minimum atomic E-state index is -3.70. The number of rotatable bonds is 4. The van der Waals surface area contributed by atoms with Gasteiger partial charge in [0.25, 0.3) is 0 Å². The number of aryl methyl sites for hydroxylation is 1. The van der Waals surface area contributed by atoms with E-state index < -0.39 is 15.3 Å². The summed E-state index contributed by atoms with van der Waals surface area (Å²) in [6.45, 7) is 3.39. The van der Waals surface area contributed by atoms with Gasteiger partial charge in [0, 0.05) is 10.7 Å². The van der Waals surface area contributed by atoms with Gasteiger partial charge < -0.3 is 0 Å². The van der Waals surface area contributed by atoms with Crippen LogP contribution >= 0.6 is 15.9 Å². The summed E-state index contributed by atoms with van der Waals surface area (Å²) in [6, 6.07) is 3.50. The molecule has 0 aliphatic heterocycles. The third kappa shape index (κ3) is 3.41. The largest absolute Gasteiger partial charge is 0.266 e. The van der Waals surface area contributed by atoms with Gasteiger partial charge in [0.1, 0.15) is 5.82 Å². The van der Waals surface area contributed by atoms with Crippen molar-refractivity contribution in [2.75, 3.05) is 4.72 Å². The minimum Gasteiger partial charge on any atom is -0.266 e. The standard InChI is InChI=1S/C10H12BrN3O2S/c1-3-9(5-12)17(15,16)14-10-7(2)4-8(11)6-13-10/h4,6,9H,3H2,1-2H3,(H,13,14). The predicted molar refractivity (Wildman–Crippen MR) is 68.9 cm³/mol. The molecular formula is C10H12BrN3O2S. The van der Waals surface area contributed by atoms with Crippen molar-refractivity contribution in [1.82, 2.24) is 4.98 Å². The van der Waals surface area contributed by atoms with E-state index in [0.29, 0.717) is 5.56 Å². The van der Waals surface area contributed by atoms with E-state index in [1.54, 1.807) is 26.0 Å². The molecule has 1 N–H and O–H groups in total. The van der Waals surface area contributed by atoms with Gasteiger partial charge in [-0.15, -0.1) is 0 Å². The highest BCUT2D eigenvalue weighted by molar-refractivity contribution is 9.10. The topological polar surface area (TPSA) is 82.8 Å². The Balaban J connectivity index is 3.03. The fraction of sp³-hybridized carbons (Fsp3) is 0.400. The first kappa shape index (κ1) is 13.9. The SMILES string of the molecule is CCC(C#N)S(=O)(=O)Nc1ncc(Br)cc1C. The molecule has 1 rings (SSSR count). The zero-order chi connectivity index (χ0) is 13.1. The Kier molecular flexibility index (Phi) is 4.48. The number of pyridine rings is 1. The van der Waals surface area contributed by atoms with Gasteiger partial charge in [-0.05, 0) is 40.9 Å². The molecule has 92 valence electrons. The van der Waals surface area contributed by atoms with Gasteiger partial charge in [0.15, 0.2) is 5.25 Å². The molecule has 0 saturated heterocycles. The van der Waals surface area contributed by atoms with Crippen molar-refractivity contribution >= 4 is 31.8 Å². The van der Waals surface area contributed by atoms with Crippen molar-refractivity contribution in [3.05, 3.63) is 22.3 Å². The van der Waals surface area contributed by atoms with Crippen LogP contribution in [0.1, 0.15) is 18.9 Å². The molecule has 0 aromatic carbocycles. The van der Waals surface area contributed by atoms with E-state index in [-0.39, 0.29) is 12.2 Å². The second-order valence-electron chi connectivity index (χ2n) is 3.49. The molecular weight excluding hydrogens is 306 g/mol. The number of nitriles is 1. The van der Waals surface area contributed by atoms with E-state index in [1.807, 2.05) is 0 Å². The molecule has 0 radical (unpaired) electrons. The highest BCUT2D eigenvalue weighted by Crippen LogP contribution is 2.19. The Morgan fingerprint density at radius 3 is 2.76 bits per heavy atom. The summed E-state index contributed by atoms with van der Waals surface area (Å²) in [4.78, 5) is 3.97. The number of hydrogen-bond acceptors (Lipinski definition) is 4. The van der Waals surface area contributed by atoms with Crippen LogP contribution in [0, 0.1) is 18.3 Å². The molecule has 1 atom stereocenters. The number of aromatic nitrogens is 1.